The van der Waals surface area contributed by atoms with Gasteiger partial charge in [0, 0.05) is 0 Å². The molecule has 0 saturated heterocycles. The topological polar surface area (TPSA) is 0 Å². The Bertz CT molecular complexity index is 46.2. The molecular weight excluding hydrogens is 168 g/mol. The lowest BCUT2D eigenvalue weighted by molar-refractivity contribution is 0.469. The second-order valence-electron chi connectivity index (χ2n) is 5.44. The second-order valence-corrected chi connectivity index (χ2v) is 5.44. The first-order chi connectivity index (χ1) is 5.15. The predicted molar refractivity (Wildman–Crippen MR) is 75.1 cm³/mol. The van der Waals surface area contributed by atoms with Crippen LogP contribution in [0.15, 0.2) is 0 Å². The Hall–Kier alpha value is 0. The highest BCUT2D eigenvalue weighted by atomic mass is 14.0. The molecule has 0 N–H and O–H groups in total. The van der Waals surface area contributed by atoms with Crippen LogP contribution >= 0.6 is 0 Å². The van der Waals surface area contributed by atoms with Crippen LogP contribution in [0.2, 0.25) is 0 Å². The zero-order valence-corrected chi connectivity index (χ0v) is 10.8. The van der Waals surface area contributed by atoms with Crippen LogP contribution in [0, 0.1) is 11.3 Å². The van der Waals surface area contributed by atoms with Gasteiger partial charge in [0.05, 0.1) is 0 Å². The highest BCUT2D eigenvalue weighted by Gasteiger charge is 1.95. The van der Waals surface area contributed by atoms with Crippen molar-refractivity contribution >= 4 is 0 Å². The van der Waals surface area contributed by atoms with Crippen LogP contribution in [-0.4, -0.2) is 0 Å². The van der Waals surface area contributed by atoms with Crippen molar-refractivity contribution in [3.05, 3.63) is 0 Å². The first-order valence-corrected chi connectivity index (χ1v) is 5.15. The van der Waals surface area contributed by atoms with Gasteiger partial charge in [-0.05, 0) is 11.3 Å². The molecule has 0 aromatic carbocycles. The second kappa shape index (κ2) is 18.7. The Labute approximate surface area is 95.5 Å². The molecule has 0 nitrogen and oxygen atoms in total. The summed E-state index contributed by atoms with van der Waals surface area (Å²) in [6.45, 7) is 19.5. The fourth-order valence-corrected chi connectivity index (χ4v) is 0. The minimum atomic E-state index is 0. The van der Waals surface area contributed by atoms with Gasteiger partial charge in [0.15, 0.2) is 0 Å². The van der Waals surface area contributed by atoms with Gasteiger partial charge in [-0.1, -0.05) is 83.6 Å². The molecule has 0 heterocycles. The van der Waals surface area contributed by atoms with E-state index in [2.05, 4.69) is 62.3 Å². The molecule has 0 aliphatic rings. The molecule has 94 valence electrons. The van der Waals surface area contributed by atoms with Crippen molar-refractivity contribution in [1.29, 1.82) is 0 Å². The molecule has 0 spiro atoms. The lowest BCUT2D eigenvalue weighted by atomic mass is 10.0. The van der Waals surface area contributed by atoms with Crippen molar-refractivity contribution < 1.29 is 0 Å². The molecule has 0 heteroatoms. The summed E-state index contributed by atoms with van der Waals surface area (Å²) >= 11 is 0. The molecular formula is C14H38. The first kappa shape index (κ1) is 29.2. The Morgan fingerprint density at radius 1 is 0.786 bits per heavy atom. The van der Waals surface area contributed by atoms with Gasteiger partial charge >= 0.3 is 0 Å². The maximum atomic E-state index is 2.19. The Kier molecular flexibility index (Phi) is 39.1. The molecule has 0 unspecified atom stereocenters. The summed E-state index contributed by atoms with van der Waals surface area (Å²) in [5.41, 5.74) is 0.500. The summed E-state index contributed by atoms with van der Waals surface area (Å²) in [5, 5.41) is 0. The van der Waals surface area contributed by atoms with Crippen LogP contribution < -0.4 is 0 Å². The molecule has 0 aromatic heterocycles. The summed E-state index contributed by atoms with van der Waals surface area (Å²) in [7, 11) is 0. The molecule has 0 aliphatic heterocycles. The maximum absolute atomic E-state index is 2.19. The van der Waals surface area contributed by atoms with Gasteiger partial charge in [-0.2, -0.15) is 0 Å². The van der Waals surface area contributed by atoms with E-state index >= 15 is 0 Å². The third-order valence-corrected chi connectivity index (χ3v) is 0. The van der Waals surface area contributed by atoms with E-state index in [1.54, 1.807) is 0 Å². The molecule has 0 aromatic rings. The van der Waals surface area contributed by atoms with Crippen LogP contribution in [0.1, 0.15) is 83.6 Å². The predicted octanol–water partition coefficient (Wildman–Crippen LogP) is 6.40. The van der Waals surface area contributed by atoms with E-state index in [1.807, 2.05) is 0 Å². The molecule has 0 atom stereocenters. The van der Waals surface area contributed by atoms with Crippen molar-refractivity contribution in [2.75, 3.05) is 0 Å². The van der Waals surface area contributed by atoms with Crippen LogP contribution in [0.25, 0.3) is 0 Å². The number of rotatable bonds is 0. The summed E-state index contributed by atoms with van der Waals surface area (Å²) in [6, 6.07) is 0. The summed E-state index contributed by atoms with van der Waals surface area (Å²) in [4.78, 5) is 0. The monoisotopic (exact) mass is 206 g/mol. The fourth-order valence-electron chi connectivity index (χ4n) is 0. The van der Waals surface area contributed by atoms with Crippen LogP contribution in [0.4, 0.5) is 0 Å². The number of hydrogen-bond donors (Lipinski definition) is 0. The van der Waals surface area contributed by atoms with Gasteiger partial charge in [0.25, 0.3) is 0 Å². The van der Waals surface area contributed by atoms with E-state index in [0.29, 0.717) is 5.41 Å². The minimum absolute atomic E-state index is 0. The molecule has 0 fully saturated rings. The van der Waals surface area contributed by atoms with Crippen molar-refractivity contribution in [1.82, 2.24) is 0 Å². The Morgan fingerprint density at radius 2 is 0.786 bits per heavy atom. The first-order valence-electron chi connectivity index (χ1n) is 5.15. The summed E-state index contributed by atoms with van der Waals surface area (Å²) in [5.74, 6) is 0.833. The van der Waals surface area contributed by atoms with Gasteiger partial charge in [-0.3, -0.25) is 0 Å². The summed E-state index contributed by atoms with van der Waals surface area (Å²) < 4.78 is 0. The van der Waals surface area contributed by atoms with Crippen LogP contribution in [0.5, 0.6) is 0 Å². The van der Waals surface area contributed by atoms with Gasteiger partial charge < -0.3 is 0 Å². The standard InChI is InChI=1S/C5H12.C4H10.C3H8.2CH4/c1-5(2,3)4;1-4(2)3;1-3-2;;/h1-4H3;4H,1-3H3;3H2,1-2H3;2*1H4. The van der Waals surface area contributed by atoms with E-state index < -0.39 is 0 Å². The lowest BCUT2D eigenvalue weighted by Crippen LogP contribution is -1.93. The molecule has 0 aliphatic carbocycles. The highest BCUT2D eigenvalue weighted by molar-refractivity contribution is 4.47. The smallest absolute Gasteiger partial charge is 0.0411 e. The SMILES string of the molecule is C.C.CC(C)(C)C.CC(C)C.CCC. The normalized spacial score (nSPS) is 8.14. The lowest BCUT2D eigenvalue weighted by Gasteiger charge is -2.05. The molecule has 14 heavy (non-hydrogen) atoms. The van der Waals surface area contributed by atoms with Crippen LogP contribution in [0.3, 0.4) is 0 Å². The number of hydrogen-bond acceptors (Lipinski definition) is 0. The zero-order chi connectivity index (χ0) is 10.8. The Morgan fingerprint density at radius 3 is 0.786 bits per heavy atom. The molecule has 0 amide bonds. The molecule has 0 bridgehead atoms. The van der Waals surface area contributed by atoms with E-state index in [4.69, 9.17) is 0 Å². The Balaban J connectivity index is -0.0000000278. The average molecular weight is 206 g/mol. The quantitative estimate of drug-likeness (QED) is 0.430. The molecule has 0 radical (unpaired) electrons. The van der Waals surface area contributed by atoms with Crippen LogP contribution in [-0.2, 0) is 0 Å². The minimum Gasteiger partial charge on any atom is -0.0776 e. The maximum Gasteiger partial charge on any atom is -0.0411 e. The van der Waals surface area contributed by atoms with Crippen molar-refractivity contribution in [2.45, 2.75) is 83.6 Å². The van der Waals surface area contributed by atoms with E-state index in [0.717, 1.165) is 5.92 Å². The highest BCUT2D eigenvalue weighted by Crippen LogP contribution is 2.07. The third-order valence-electron chi connectivity index (χ3n) is 0. The van der Waals surface area contributed by atoms with Gasteiger partial charge in [0.2, 0.25) is 0 Å². The van der Waals surface area contributed by atoms with Crippen molar-refractivity contribution in [2.24, 2.45) is 11.3 Å². The van der Waals surface area contributed by atoms with Crippen molar-refractivity contribution in [3.8, 4) is 0 Å². The van der Waals surface area contributed by atoms with Crippen molar-refractivity contribution in [3.63, 3.8) is 0 Å². The zero-order valence-electron chi connectivity index (χ0n) is 10.8. The molecule has 0 rings (SSSR count). The van der Waals surface area contributed by atoms with E-state index in [-0.39, 0.29) is 14.9 Å². The van der Waals surface area contributed by atoms with E-state index in [9.17, 15) is 0 Å². The molecule has 0 saturated carbocycles. The third kappa shape index (κ3) is 0. The fraction of sp³-hybridized carbons (Fsp3) is 1.00. The summed E-state index contributed by atoms with van der Waals surface area (Å²) in [6.07, 6.45) is 1.25. The van der Waals surface area contributed by atoms with Gasteiger partial charge in [-0.15, -0.1) is 0 Å². The van der Waals surface area contributed by atoms with Gasteiger partial charge in [0.1, 0.15) is 0 Å². The largest absolute Gasteiger partial charge is 0.0776 e. The van der Waals surface area contributed by atoms with Gasteiger partial charge in [-0.25, -0.2) is 0 Å². The van der Waals surface area contributed by atoms with E-state index in [1.165, 1.54) is 6.42 Å². The average Bonchev–Trinajstić information content (AvgIpc) is 1.56.